The lowest BCUT2D eigenvalue weighted by Gasteiger charge is -2.02. The van der Waals surface area contributed by atoms with Crippen LogP contribution in [0.2, 0.25) is 5.02 Å². The summed E-state index contributed by atoms with van der Waals surface area (Å²) in [5.74, 6) is 0.461. The SMILES string of the molecule is O=C(Nc1n[nH]c(C2CCCO2)n1)c1cc(-c2ccc(Cl)cc2)n[nH]1. The van der Waals surface area contributed by atoms with E-state index < -0.39 is 0 Å². The first-order valence-electron chi connectivity index (χ1n) is 7.85. The number of hydrogen-bond acceptors (Lipinski definition) is 5. The molecule has 2 aromatic heterocycles. The minimum Gasteiger partial charge on any atom is -0.370 e. The number of anilines is 1. The molecule has 1 aromatic carbocycles. The van der Waals surface area contributed by atoms with Crippen molar-refractivity contribution < 1.29 is 9.53 Å². The van der Waals surface area contributed by atoms with Gasteiger partial charge < -0.3 is 4.74 Å². The second kappa shape index (κ2) is 6.66. The van der Waals surface area contributed by atoms with E-state index in [1.807, 2.05) is 12.1 Å². The Morgan fingerprint density at radius 1 is 1.24 bits per heavy atom. The molecule has 0 radical (unpaired) electrons. The Balaban J connectivity index is 1.45. The van der Waals surface area contributed by atoms with Gasteiger partial charge >= 0.3 is 0 Å². The van der Waals surface area contributed by atoms with Gasteiger partial charge in [-0.25, -0.2) is 0 Å². The summed E-state index contributed by atoms with van der Waals surface area (Å²) in [4.78, 5) is 16.6. The Kier molecular flexibility index (Phi) is 4.21. The van der Waals surface area contributed by atoms with Crippen LogP contribution in [0.1, 0.15) is 35.3 Å². The van der Waals surface area contributed by atoms with E-state index >= 15 is 0 Å². The Morgan fingerprint density at radius 3 is 2.84 bits per heavy atom. The number of halogens is 1. The normalized spacial score (nSPS) is 16.9. The second-order valence-corrected chi connectivity index (χ2v) is 6.11. The van der Waals surface area contributed by atoms with E-state index in [2.05, 4.69) is 30.7 Å². The first-order chi connectivity index (χ1) is 12.2. The summed E-state index contributed by atoms with van der Waals surface area (Å²) in [6.07, 6.45) is 1.81. The van der Waals surface area contributed by atoms with Crippen LogP contribution in [-0.2, 0) is 4.74 Å². The lowest BCUT2D eigenvalue weighted by Crippen LogP contribution is -2.13. The Hall–Kier alpha value is -2.71. The molecular formula is C16H15ClN6O2. The highest BCUT2D eigenvalue weighted by Gasteiger charge is 2.22. The average Bonchev–Trinajstić information content (AvgIpc) is 3.36. The number of aromatic amines is 2. The van der Waals surface area contributed by atoms with E-state index in [9.17, 15) is 4.79 Å². The fourth-order valence-corrected chi connectivity index (χ4v) is 2.77. The van der Waals surface area contributed by atoms with E-state index in [1.54, 1.807) is 18.2 Å². The summed E-state index contributed by atoms with van der Waals surface area (Å²) in [5.41, 5.74) is 1.82. The predicted molar refractivity (Wildman–Crippen MR) is 91.3 cm³/mol. The largest absolute Gasteiger partial charge is 0.370 e. The molecule has 128 valence electrons. The highest BCUT2D eigenvalue weighted by atomic mass is 35.5. The van der Waals surface area contributed by atoms with Gasteiger partial charge in [0.25, 0.3) is 5.91 Å². The molecular weight excluding hydrogens is 344 g/mol. The molecule has 1 atom stereocenters. The van der Waals surface area contributed by atoms with Crippen molar-refractivity contribution >= 4 is 23.5 Å². The minimum atomic E-state index is -0.370. The van der Waals surface area contributed by atoms with Crippen LogP contribution >= 0.6 is 11.6 Å². The molecule has 4 rings (SSSR count). The van der Waals surface area contributed by atoms with Gasteiger partial charge in [0.1, 0.15) is 11.8 Å². The molecule has 1 amide bonds. The van der Waals surface area contributed by atoms with Crippen molar-refractivity contribution in [3.63, 3.8) is 0 Å². The zero-order valence-electron chi connectivity index (χ0n) is 13.1. The maximum atomic E-state index is 12.3. The van der Waals surface area contributed by atoms with E-state index in [0.717, 1.165) is 18.4 Å². The maximum Gasteiger partial charge on any atom is 0.276 e. The van der Waals surface area contributed by atoms with Crippen molar-refractivity contribution in [2.75, 3.05) is 11.9 Å². The monoisotopic (exact) mass is 358 g/mol. The second-order valence-electron chi connectivity index (χ2n) is 5.67. The van der Waals surface area contributed by atoms with Crippen LogP contribution < -0.4 is 5.32 Å². The van der Waals surface area contributed by atoms with E-state index in [0.29, 0.717) is 28.8 Å². The first kappa shape index (κ1) is 15.8. The number of ether oxygens (including phenoxy) is 1. The zero-order valence-corrected chi connectivity index (χ0v) is 13.9. The summed E-state index contributed by atoms with van der Waals surface area (Å²) in [7, 11) is 0. The topological polar surface area (TPSA) is 109 Å². The van der Waals surface area contributed by atoms with Crippen molar-refractivity contribution in [1.29, 1.82) is 0 Å². The van der Waals surface area contributed by atoms with Crippen molar-refractivity contribution in [3.8, 4) is 11.3 Å². The molecule has 0 spiro atoms. The van der Waals surface area contributed by atoms with Gasteiger partial charge in [-0.1, -0.05) is 23.7 Å². The van der Waals surface area contributed by atoms with E-state index in [1.165, 1.54) is 0 Å². The number of amides is 1. The number of carbonyl (C=O) groups excluding carboxylic acids is 1. The van der Waals surface area contributed by atoms with Crippen molar-refractivity contribution in [1.82, 2.24) is 25.4 Å². The van der Waals surface area contributed by atoms with E-state index in [-0.39, 0.29) is 18.0 Å². The molecule has 1 unspecified atom stereocenters. The van der Waals surface area contributed by atoms with Gasteiger partial charge in [-0.2, -0.15) is 10.1 Å². The summed E-state index contributed by atoms with van der Waals surface area (Å²) in [6, 6.07) is 8.87. The Bertz CT molecular complexity index is 882. The molecule has 1 saturated heterocycles. The van der Waals surface area contributed by atoms with Gasteiger partial charge in [-0.3, -0.25) is 20.3 Å². The number of hydrogen-bond donors (Lipinski definition) is 3. The number of rotatable bonds is 4. The predicted octanol–water partition coefficient (Wildman–Crippen LogP) is 2.95. The summed E-state index contributed by atoms with van der Waals surface area (Å²) < 4.78 is 5.53. The van der Waals surface area contributed by atoms with E-state index in [4.69, 9.17) is 16.3 Å². The molecule has 0 aliphatic carbocycles. The molecule has 8 nitrogen and oxygen atoms in total. The summed E-state index contributed by atoms with van der Waals surface area (Å²) in [6.45, 7) is 0.717. The average molecular weight is 359 g/mol. The van der Waals surface area contributed by atoms with Gasteiger partial charge in [-0.05, 0) is 31.0 Å². The smallest absolute Gasteiger partial charge is 0.276 e. The molecule has 1 fully saturated rings. The third-order valence-electron chi connectivity index (χ3n) is 3.93. The van der Waals surface area contributed by atoms with Crippen LogP contribution in [0.4, 0.5) is 5.95 Å². The molecule has 25 heavy (non-hydrogen) atoms. The number of H-pyrrole nitrogens is 2. The van der Waals surface area contributed by atoms with Crippen molar-refractivity contribution in [3.05, 3.63) is 46.9 Å². The van der Waals surface area contributed by atoms with Crippen LogP contribution in [0.15, 0.2) is 30.3 Å². The first-order valence-corrected chi connectivity index (χ1v) is 8.23. The Morgan fingerprint density at radius 2 is 2.08 bits per heavy atom. The molecule has 1 aliphatic rings. The minimum absolute atomic E-state index is 0.0817. The molecule has 3 N–H and O–H groups in total. The Labute approximate surface area is 148 Å². The summed E-state index contributed by atoms with van der Waals surface area (Å²) in [5, 5.41) is 16.9. The molecule has 3 aromatic rings. The van der Waals surface area contributed by atoms with Crippen LogP contribution in [-0.4, -0.2) is 37.9 Å². The van der Waals surface area contributed by atoms with Gasteiger partial charge in [-0.15, -0.1) is 5.10 Å². The summed E-state index contributed by atoms with van der Waals surface area (Å²) >= 11 is 5.88. The molecule has 3 heterocycles. The van der Waals surface area contributed by atoms with Crippen LogP contribution in [0.5, 0.6) is 0 Å². The van der Waals surface area contributed by atoms with Gasteiger partial charge in [0.05, 0.1) is 5.69 Å². The quantitative estimate of drug-likeness (QED) is 0.664. The third-order valence-corrected chi connectivity index (χ3v) is 4.18. The number of carbonyl (C=O) groups is 1. The molecule has 1 aliphatic heterocycles. The third kappa shape index (κ3) is 3.40. The molecule has 9 heteroatoms. The van der Waals surface area contributed by atoms with Crippen LogP contribution in [0.3, 0.4) is 0 Å². The molecule has 0 bridgehead atoms. The highest BCUT2D eigenvalue weighted by Crippen LogP contribution is 2.26. The highest BCUT2D eigenvalue weighted by molar-refractivity contribution is 6.30. The molecule has 0 saturated carbocycles. The van der Waals surface area contributed by atoms with Crippen molar-refractivity contribution in [2.24, 2.45) is 0 Å². The number of nitrogens with zero attached hydrogens (tertiary/aromatic N) is 3. The van der Waals surface area contributed by atoms with Crippen LogP contribution in [0, 0.1) is 0 Å². The fraction of sp³-hybridized carbons (Fsp3) is 0.250. The van der Waals surface area contributed by atoms with Crippen LogP contribution in [0.25, 0.3) is 11.3 Å². The number of benzene rings is 1. The lowest BCUT2D eigenvalue weighted by atomic mass is 10.1. The van der Waals surface area contributed by atoms with Crippen molar-refractivity contribution in [2.45, 2.75) is 18.9 Å². The fourth-order valence-electron chi connectivity index (χ4n) is 2.64. The van der Waals surface area contributed by atoms with Gasteiger partial charge in [0, 0.05) is 17.2 Å². The standard InChI is InChI=1S/C16H15ClN6O2/c17-10-5-3-9(4-6-10)11-8-12(21-20-11)15(24)19-16-18-14(22-23-16)13-2-1-7-25-13/h3-6,8,13H,1-2,7H2,(H,20,21)(H2,18,19,22,23,24). The lowest BCUT2D eigenvalue weighted by molar-refractivity contribution is 0.101. The maximum absolute atomic E-state index is 12.3. The van der Waals surface area contributed by atoms with Gasteiger partial charge in [0.2, 0.25) is 5.95 Å². The van der Waals surface area contributed by atoms with Gasteiger partial charge in [0.15, 0.2) is 5.82 Å². The number of nitrogens with one attached hydrogen (secondary N) is 3. The number of aromatic nitrogens is 5. The zero-order chi connectivity index (χ0) is 17.2.